The maximum atomic E-state index is 5.17. The summed E-state index contributed by atoms with van der Waals surface area (Å²) >= 11 is 2.02. The van der Waals surface area contributed by atoms with Crippen molar-refractivity contribution in [1.29, 1.82) is 0 Å². The van der Waals surface area contributed by atoms with E-state index in [2.05, 4.69) is 13.5 Å². The minimum Gasteiger partial charge on any atom is -0.501 e. The second-order valence-electron chi connectivity index (χ2n) is 3.09. The van der Waals surface area contributed by atoms with Crippen LogP contribution in [0.15, 0.2) is 12.8 Å². The summed E-state index contributed by atoms with van der Waals surface area (Å²) in [5.41, 5.74) is 0.416. The molecule has 0 saturated carbocycles. The number of hydrogen-bond donors (Lipinski definition) is 0. The Morgan fingerprint density at radius 2 is 2.60 bits per heavy atom. The van der Waals surface area contributed by atoms with Crippen LogP contribution in [0.2, 0.25) is 0 Å². The molecule has 1 fully saturated rings. The van der Waals surface area contributed by atoms with Crippen LogP contribution in [0.5, 0.6) is 0 Å². The van der Waals surface area contributed by atoms with Gasteiger partial charge in [-0.1, -0.05) is 13.5 Å². The van der Waals surface area contributed by atoms with Gasteiger partial charge in [-0.25, -0.2) is 0 Å². The van der Waals surface area contributed by atoms with E-state index in [0.717, 1.165) is 6.61 Å². The molecule has 1 unspecified atom stereocenters. The predicted molar refractivity (Wildman–Crippen MR) is 46.2 cm³/mol. The molecule has 1 saturated heterocycles. The van der Waals surface area contributed by atoms with E-state index in [-0.39, 0.29) is 0 Å². The smallest absolute Gasteiger partial charge is 0.0934 e. The Balaban J connectivity index is 2.28. The summed E-state index contributed by atoms with van der Waals surface area (Å²) in [5, 5.41) is 0. The van der Waals surface area contributed by atoms with Gasteiger partial charge in [0.25, 0.3) is 0 Å². The van der Waals surface area contributed by atoms with Crippen LogP contribution in [0.1, 0.15) is 13.3 Å². The zero-order chi connectivity index (χ0) is 7.45. The molecule has 0 radical (unpaired) electrons. The van der Waals surface area contributed by atoms with Gasteiger partial charge in [-0.3, -0.25) is 0 Å². The van der Waals surface area contributed by atoms with Crippen molar-refractivity contribution in [3.8, 4) is 0 Å². The fourth-order valence-electron chi connectivity index (χ4n) is 1.08. The first-order chi connectivity index (χ1) is 4.77. The zero-order valence-corrected chi connectivity index (χ0v) is 7.25. The molecule has 0 spiro atoms. The molecule has 0 aliphatic carbocycles. The van der Waals surface area contributed by atoms with Gasteiger partial charge in [-0.05, 0) is 12.2 Å². The molecule has 58 valence electrons. The van der Waals surface area contributed by atoms with Gasteiger partial charge in [-0.15, -0.1) is 0 Å². The average molecular weight is 158 g/mol. The van der Waals surface area contributed by atoms with Crippen molar-refractivity contribution >= 4 is 11.8 Å². The van der Waals surface area contributed by atoms with E-state index >= 15 is 0 Å². The van der Waals surface area contributed by atoms with E-state index in [1.54, 1.807) is 0 Å². The molecular formula is C8H14OS. The van der Waals surface area contributed by atoms with E-state index in [1.165, 1.54) is 24.2 Å². The number of thioether (sulfide) groups is 1. The van der Waals surface area contributed by atoms with Crippen molar-refractivity contribution in [2.45, 2.75) is 13.3 Å². The molecule has 1 aliphatic heterocycles. The lowest BCUT2D eigenvalue weighted by atomic mass is 9.92. The quantitative estimate of drug-likeness (QED) is 0.583. The lowest BCUT2D eigenvalue weighted by molar-refractivity contribution is 0.143. The monoisotopic (exact) mass is 158 g/mol. The molecule has 0 aromatic carbocycles. The van der Waals surface area contributed by atoms with Crippen LogP contribution >= 0.6 is 11.8 Å². The molecule has 1 rings (SSSR count). The summed E-state index contributed by atoms with van der Waals surface area (Å²) in [7, 11) is 0. The number of ether oxygens (including phenoxy) is 1. The minimum atomic E-state index is 0.416. The van der Waals surface area contributed by atoms with Gasteiger partial charge in [0, 0.05) is 11.2 Å². The Kier molecular flexibility index (Phi) is 2.66. The number of hydrogen-bond acceptors (Lipinski definition) is 2. The molecule has 2 heteroatoms. The first-order valence-electron chi connectivity index (χ1n) is 3.57. The summed E-state index contributed by atoms with van der Waals surface area (Å²) in [5.74, 6) is 2.53. The van der Waals surface area contributed by atoms with Gasteiger partial charge in [-0.2, -0.15) is 11.8 Å². The van der Waals surface area contributed by atoms with Crippen LogP contribution in [0.3, 0.4) is 0 Å². The second kappa shape index (κ2) is 3.33. The van der Waals surface area contributed by atoms with Gasteiger partial charge in [0.15, 0.2) is 0 Å². The molecule has 0 amide bonds. The van der Waals surface area contributed by atoms with Crippen molar-refractivity contribution in [3.05, 3.63) is 12.8 Å². The van der Waals surface area contributed by atoms with Gasteiger partial charge in [0.2, 0.25) is 0 Å². The summed E-state index contributed by atoms with van der Waals surface area (Å²) in [6, 6.07) is 0. The summed E-state index contributed by atoms with van der Waals surface area (Å²) in [6.07, 6.45) is 2.82. The molecule has 0 aromatic rings. The Bertz CT molecular complexity index is 116. The van der Waals surface area contributed by atoms with E-state index in [9.17, 15) is 0 Å². The van der Waals surface area contributed by atoms with Crippen LogP contribution in [-0.4, -0.2) is 18.1 Å². The topological polar surface area (TPSA) is 9.23 Å². The Morgan fingerprint density at radius 1 is 1.80 bits per heavy atom. The van der Waals surface area contributed by atoms with Crippen molar-refractivity contribution in [2.24, 2.45) is 5.41 Å². The summed E-state index contributed by atoms with van der Waals surface area (Å²) < 4.78 is 5.17. The highest BCUT2D eigenvalue weighted by atomic mass is 32.2. The standard InChI is InChI=1S/C8H14OS/c1-3-9-6-8(2)4-5-10-7-8/h3H,1,4-7H2,2H3. The lowest BCUT2D eigenvalue weighted by Crippen LogP contribution is -2.21. The second-order valence-corrected chi connectivity index (χ2v) is 4.20. The molecular weight excluding hydrogens is 144 g/mol. The van der Waals surface area contributed by atoms with E-state index < -0.39 is 0 Å². The van der Waals surface area contributed by atoms with E-state index in [0.29, 0.717) is 5.41 Å². The van der Waals surface area contributed by atoms with Crippen LogP contribution in [0, 0.1) is 5.41 Å². The summed E-state index contributed by atoms with van der Waals surface area (Å²) in [4.78, 5) is 0. The molecule has 0 aromatic heterocycles. The predicted octanol–water partition coefficient (Wildman–Crippen LogP) is 2.29. The fourth-order valence-corrected chi connectivity index (χ4v) is 2.59. The molecule has 0 bridgehead atoms. The molecule has 1 nitrogen and oxygen atoms in total. The first-order valence-corrected chi connectivity index (χ1v) is 4.73. The van der Waals surface area contributed by atoms with Crippen molar-refractivity contribution in [1.82, 2.24) is 0 Å². The van der Waals surface area contributed by atoms with Gasteiger partial charge in [0.05, 0.1) is 12.9 Å². The Morgan fingerprint density at radius 3 is 3.10 bits per heavy atom. The highest BCUT2D eigenvalue weighted by Crippen LogP contribution is 2.35. The third kappa shape index (κ3) is 1.94. The molecule has 0 N–H and O–H groups in total. The van der Waals surface area contributed by atoms with Crippen LogP contribution in [0.25, 0.3) is 0 Å². The van der Waals surface area contributed by atoms with Crippen LogP contribution in [-0.2, 0) is 4.74 Å². The van der Waals surface area contributed by atoms with Crippen molar-refractivity contribution in [2.75, 3.05) is 18.1 Å². The lowest BCUT2D eigenvalue weighted by Gasteiger charge is -2.20. The number of rotatable bonds is 3. The zero-order valence-electron chi connectivity index (χ0n) is 6.43. The van der Waals surface area contributed by atoms with Crippen LogP contribution < -0.4 is 0 Å². The van der Waals surface area contributed by atoms with E-state index in [4.69, 9.17) is 4.74 Å². The van der Waals surface area contributed by atoms with Gasteiger partial charge in [0.1, 0.15) is 0 Å². The first kappa shape index (κ1) is 7.99. The largest absolute Gasteiger partial charge is 0.501 e. The minimum absolute atomic E-state index is 0.416. The highest BCUT2D eigenvalue weighted by molar-refractivity contribution is 7.99. The Labute approximate surface area is 66.8 Å². The van der Waals surface area contributed by atoms with Crippen LogP contribution in [0.4, 0.5) is 0 Å². The maximum Gasteiger partial charge on any atom is 0.0934 e. The maximum absolute atomic E-state index is 5.17. The van der Waals surface area contributed by atoms with Crippen molar-refractivity contribution < 1.29 is 4.74 Å². The normalized spacial score (nSPS) is 32.1. The third-order valence-corrected chi connectivity index (χ3v) is 3.24. The Hall–Kier alpha value is -0.110. The summed E-state index contributed by atoms with van der Waals surface area (Å²) in [6.45, 7) is 6.63. The molecule has 1 aliphatic rings. The van der Waals surface area contributed by atoms with Gasteiger partial charge < -0.3 is 4.74 Å². The fraction of sp³-hybridized carbons (Fsp3) is 0.750. The third-order valence-electron chi connectivity index (χ3n) is 1.85. The molecule has 1 atom stereocenters. The average Bonchev–Trinajstić information content (AvgIpc) is 2.33. The molecule has 1 heterocycles. The SMILES string of the molecule is C=COCC1(C)CCSC1. The van der Waals surface area contributed by atoms with Crippen molar-refractivity contribution in [3.63, 3.8) is 0 Å². The highest BCUT2D eigenvalue weighted by Gasteiger charge is 2.29. The van der Waals surface area contributed by atoms with Gasteiger partial charge >= 0.3 is 0 Å². The molecule has 10 heavy (non-hydrogen) atoms. The van der Waals surface area contributed by atoms with E-state index in [1.807, 2.05) is 11.8 Å².